The number of carboxylic acid groups (broad SMARTS) is 1. The fraction of sp³-hybridized carbons (Fsp3) is 0.545. The van der Waals surface area contributed by atoms with Gasteiger partial charge < -0.3 is 42.1 Å². The monoisotopic (exact) mass is 514 g/mol. The van der Waals surface area contributed by atoms with E-state index in [1.165, 1.54) is 49.9 Å². The summed E-state index contributed by atoms with van der Waals surface area (Å²) in [6, 6.07) is 0.363. The number of benzene rings is 1. The number of carboxylic acids is 1. The largest absolute Gasteiger partial charge is 0.508 e. The first-order valence-electron chi connectivity index (χ1n) is 10.9. The minimum atomic E-state index is -1.58. The van der Waals surface area contributed by atoms with Gasteiger partial charge in [-0.25, -0.2) is 4.79 Å². The minimum Gasteiger partial charge on any atom is -0.508 e. The zero-order valence-corrected chi connectivity index (χ0v) is 20.6. The highest BCUT2D eigenvalue weighted by Gasteiger charge is 2.34. The number of aliphatic hydroxyl groups excluding tert-OH is 2. The van der Waals surface area contributed by atoms with Gasteiger partial charge in [0.25, 0.3) is 0 Å². The Kier molecular flexibility index (Phi) is 12.5. The minimum absolute atomic E-state index is 0.00786. The molecule has 0 saturated heterocycles. The molecule has 0 heterocycles. The maximum absolute atomic E-state index is 12.8. The lowest BCUT2D eigenvalue weighted by Crippen LogP contribution is -2.62. The Morgan fingerprint density at radius 1 is 0.914 bits per heavy atom. The lowest BCUT2D eigenvalue weighted by atomic mass is 10.0. The Morgan fingerprint density at radius 2 is 1.40 bits per heavy atom. The zero-order chi connectivity index (χ0) is 26.7. The molecule has 6 atom stereocenters. The van der Waals surface area contributed by atoms with Crippen LogP contribution in [0.2, 0.25) is 0 Å². The quantitative estimate of drug-likeness (QED) is 0.141. The summed E-state index contributed by atoms with van der Waals surface area (Å²) in [5.41, 5.74) is 6.31. The summed E-state index contributed by atoms with van der Waals surface area (Å²) in [5, 5.41) is 45.8. The first-order valence-corrected chi connectivity index (χ1v) is 12.3. The van der Waals surface area contributed by atoms with Crippen LogP contribution in [0.4, 0.5) is 0 Å². The fourth-order valence-corrected chi connectivity index (χ4v) is 3.51. The van der Waals surface area contributed by atoms with Gasteiger partial charge in [-0.05, 0) is 50.0 Å². The molecule has 35 heavy (non-hydrogen) atoms. The molecular formula is C22H34N4O8S. The highest BCUT2D eigenvalue weighted by Crippen LogP contribution is 2.12. The van der Waals surface area contributed by atoms with E-state index in [2.05, 4.69) is 16.0 Å². The second-order valence-electron chi connectivity index (χ2n) is 8.11. The van der Waals surface area contributed by atoms with Crippen LogP contribution in [0.25, 0.3) is 0 Å². The molecular weight excluding hydrogens is 480 g/mol. The molecule has 1 aromatic carbocycles. The number of rotatable bonds is 14. The number of phenolic OH excluding ortho intramolecular Hbond substituents is 1. The Labute approximate surface area is 207 Å². The highest BCUT2D eigenvalue weighted by molar-refractivity contribution is 7.98. The van der Waals surface area contributed by atoms with Crippen molar-refractivity contribution in [3.05, 3.63) is 29.8 Å². The van der Waals surface area contributed by atoms with Gasteiger partial charge >= 0.3 is 5.97 Å². The van der Waals surface area contributed by atoms with E-state index in [4.69, 9.17) is 5.73 Å². The molecule has 0 spiro atoms. The van der Waals surface area contributed by atoms with Crippen molar-refractivity contribution in [2.75, 3.05) is 12.0 Å². The number of aliphatic hydroxyl groups is 2. The number of hydrogen-bond acceptors (Lipinski definition) is 9. The molecule has 0 radical (unpaired) electrons. The standard InChI is InChI=1S/C22H34N4O8S/c1-11(27)17(20(31)24-16(22(33)34)10-13-4-6-14(29)7-5-13)26-21(32)18(12(2)28)25-19(30)15(23)8-9-35-3/h4-7,11-12,15-18,27-29H,8-10,23H2,1-3H3,(H,24,31)(H,25,30)(H,26,32)(H,33,34). The van der Waals surface area contributed by atoms with Gasteiger partial charge in [0.1, 0.15) is 23.9 Å². The number of thioether (sulfide) groups is 1. The average molecular weight is 515 g/mol. The van der Waals surface area contributed by atoms with E-state index in [0.29, 0.717) is 17.7 Å². The Bertz CT molecular complexity index is 866. The van der Waals surface area contributed by atoms with Gasteiger partial charge in [0, 0.05) is 6.42 Å². The van der Waals surface area contributed by atoms with Crippen molar-refractivity contribution in [3.8, 4) is 5.75 Å². The van der Waals surface area contributed by atoms with Crippen LogP contribution in [-0.2, 0) is 25.6 Å². The predicted molar refractivity (Wildman–Crippen MR) is 130 cm³/mol. The Balaban J connectivity index is 2.92. The second-order valence-corrected chi connectivity index (χ2v) is 9.10. The molecule has 196 valence electrons. The number of hydrogen-bond donors (Lipinski definition) is 8. The maximum Gasteiger partial charge on any atom is 0.326 e. The number of aromatic hydroxyl groups is 1. The summed E-state index contributed by atoms with van der Waals surface area (Å²) in [7, 11) is 0. The summed E-state index contributed by atoms with van der Waals surface area (Å²) >= 11 is 1.49. The number of nitrogens with one attached hydrogen (secondary N) is 3. The summed E-state index contributed by atoms with van der Waals surface area (Å²) in [5.74, 6) is -3.36. The molecule has 0 aromatic heterocycles. The van der Waals surface area contributed by atoms with E-state index in [-0.39, 0.29) is 12.2 Å². The lowest BCUT2D eigenvalue weighted by Gasteiger charge is -2.27. The molecule has 6 unspecified atom stereocenters. The lowest BCUT2D eigenvalue weighted by molar-refractivity contribution is -0.143. The zero-order valence-electron chi connectivity index (χ0n) is 19.8. The molecule has 1 rings (SSSR count). The molecule has 0 aliphatic carbocycles. The van der Waals surface area contributed by atoms with Crippen LogP contribution >= 0.6 is 11.8 Å². The van der Waals surface area contributed by atoms with Crippen LogP contribution in [0.5, 0.6) is 5.75 Å². The number of nitrogens with two attached hydrogens (primary N) is 1. The van der Waals surface area contributed by atoms with E-state index < -0.39 is 60.1 Å². The molecule has 0 saturated carbocycles. The SMILES string of the molecule is CSCCC(N)C(=O)NC(C(=O)NC(C(=O)NC(Cc1ccc(O)cc1)C(=O)O)C(C)O)C(C)O. The van der Waals surface area contributed by atoms with E-state index in [1.54, 1.807) is 0 Å². The first-order chi connectivity index (χ1) is 16.4. The molecule has 1 aromatic rings. The maximum atomic E-state index is 12.8. The van der Waals surface area contributed by atoms with Crippen LogP contribution in [0.3, 0.4) is 0 Å². The molecule has 9 N–H and O–H groups in total. The summed E-state index contributed by atoms with van der Waals surface area (Å²) in [4.78, 5) is 49.5. The Morgan fingerprint density at radius 3 is 1.86 bits per heavy atom. The summed E-state index contributed by atoms with van der Waals surface area (Å²) in [6.07, 6.45) is -0.723. The van der Waals surface area contributed by atoms with Crippen LogP contribution in [0, 0.1) is 0 Å². The molecule has 0 aliphatic heterocycles. The van der Waals surface area contributed by atoms with E-state index in [9.17, 15) is 39.6 Å². The normalized spacial score (nSPS) is 16.2. The number of carbonyl (C=O) groups is 4. The van der Waals surface area contributed by atoms with Crippen LogP contribution in [0.15, 0.2) is 24.3 Å². The topological polar surface area (TPSA) is 211 Å². The summed E-state index contributed by atoms with van der Waals surface area (Å²) in [6.45, 7) is 2.47. The van der Waals surface area contributed by atoms with E-state index >= 15 is 0 Å². The van der Waals surface area contributed by atoms with Crippen molar-refractivity contribution in [3.63, 3.8) is 0 Å². The second kappa shape index (κ2) is 14.5. The van der Waals surface area contributed by atoms with Crippen molar-refractivity contribution in [2.45, 2.75) is 63.1 Å². The molecule has 12 nitrogen and oxygen atoms in total. The first kappa shape index (κ1) is 30.2. The number of carbonyl (C=O) groups excluding carboxylic acids is 3. The highest BCUT2D eigenvalue weighted by atomic mass is 32.2. The van der Waals surface area contributed by atoms with Crippen LogP contribution in [0.1, 0.15) is 25.8 Å². The average Bonchev–Trinajstić information content (AvgIpc) is 2.79. The van der Waals surface area contributed by atoms with Crippen molar-refractivity contribution >= 4 is 35.5 Å². The van der Waals surface area contributed by atoms with Crippen LogP contribution in [-0.4, -0.2) is 92.5 Å². The van der Waals surface area contributed by atoms with Gasteiger partial charge in [0.15, 0.2) is 0 Å². The van der Waals surface area contributed by atoms with Gasteiger partial charge in [-0.15, -0.1) is 0 Å². The molecule has 0 bridgehead atoms. The van der Waals surface area contributed by atoms with Gasteiger partial charge in [0.2, 0.25) is 17.7 Å². The number of phenols is 1. The Hall–Kier alpha value is -2.87. The molecule has 3 amide bonds. The third-order valence-electron chi connectivity index (χ3n) is 5.09. The summed E-state index contributed by atoms with van der Waals surface area (Å²) < 4.78 is 0. The number of amides is 3. The molecule has 0 aliphatic rings. The molecule has 13 heteroatoms. The fourth-order valence-electron chi connectivity index (χ4n) is 3.02. The molecule has 0 fully saturated rings. The van der Waals surface area contributed by atoms with Gasteiger partial charge in [0.05, 0.1) is 18.2 Å². The van der Waals surface area contributed by atoms with Crippen molar-refractivity contribution in [2.24, 2.45) is 5.73 Å². The third-order valence-corrected chi connectivity index (χ3v) is 5.73. The van der Waals surface area contributed by atoms with E-state index in [1.807, 2.05) is 6.26 Å². The number of aliphatic carboxylic acids is 1. The van der Waals surface area contributed by atoms with E-state index in [0.717, 1.165) is 0 Å². The van der Waals surface area contributed by atoms with Crippen molar-refractivity contribution < 1.29 is 39.6 Å². The van der Waals surface area contributed by atoms with Gasteiger partial charge in [-0.3, -0.25) is 14.4 Å². The predicted octanol–water partition coefficient (Wildman–Crippen LogP) is -1.68. The smallest absolute Gasteiger partial charge is 0.326 e. The van der Waals surface area contributed by atoms with Gasteiger partial charge in [-0.1, -0.05) is 12.1 Å². The third kappa shape index (κ3) is 10.1. The van der Waals surface area contributed by atoms with Crippen molar-refractivity contribution in [1.29, 1.82) is 0 Å². The van der Waals surface area contributed by atoms with Gasteiger partial charge in [-0.2, -0.15) is 11.8 Å². The van der Waals surface area contributed by atoms with Crippen LogP contribution < -0.4 is 21.7 Å². The van der Waals surface area contributed by atoms with Crippen molar-refractivity contribution in [1.82, 2.24) is 16.0 Å².